The summed E-state index contributed by atoms with van der Waals surface area (Å²) >= 11 is 0. The summed E-state index contributed by atoms with van der Waals surface area (Å²) in [6, 6.07) is 12.2. The van der Waals surface area contributed by atoms with Crippen molar-refractivity contribution >= 4 is 11.7 Å². The van der Waals surface area contributed by atoms with Gasteiger partial charge in [-0.2, -0.15) is 0 Å². The van der Waals surface area contributed by atoms with Crippen molar-refractivity contribution in [1.29, 1.82) is 0 Å². The normalized spacial score (nSPS) is 13.0. The largest absolute Gasteiger partial charge is 0.504 e. The summed E-state index contributed by atoms with van der Waals surface area (Å²) < 4.78 is 0. The summed E-state index contributed by atoms with van der Waals surface area (Å²) in [6.07, 6.45) is 0. The highest BCUT2D eigenvalue weighted by Gasteiger charge is 2.52. The standard InChI is InChI=1S/C16H16N2O6/c1-16(15(21)22,18(23)24)17(10-11-5-3-2-4-6-11)12-7-8-13(19)14(20)9-12/h2-9,19-20H,10H2,1H3,(H,21,22). The molecule has 8 heteroatoms. The fourth-order valence-electron chi connectivity index (χ4n) is 2.23. The molecule has 0 aliphatic carbocycles. The number of phenolic OH excluding ortho intramolecular Hbond substituents is 2. The average Bonchev–Trinajstić information content (AvgIpc) is 2.55. The molecule has 24 heavy (non-hydrogen) atoms. The third kappa shape index (κ3) is 3.07. The Morgan fingerprint density at radius 2 is 1.79 bits per heavy atom. The lowest BCUT2D eigenvalue weighted by Gasteiger charge is -2.32. The van der Waals surface area contributed by atoms with Crippen LogP contribution in [0.1, 0.15) is 12.5 Å². The van der Waals surface area contributed by atoms with Crippen LogP contribution in [0.3, 0.4) is 0 Å². The van der Waals surface area contributed by atoms with Gasteiger partial charge in [-0.15, -0.1) is 0 Å². The number of carboxylic acids is 1. The number of carboxylic acid groups (broad SMARTS) is 1. The van der Waals surface area contributed by atoms with Gasteiger partial charge in [0.2, 0.25) is 0 Å². The van der Waals surface area contributed by atoms with Crippen molar-refractivity contribution in [2.45, 2.75) is 19.1 Å². The molecule has 2 rings (SSSR count). The van der Waals surface area contributed by atoms with Gasteiger partial charge in [0.05, 0.1) is 11.5 Å². The van der Waals surface area contributed by atoms with Crippen LogP contribution in [-0.4, -0.2) is 31.9 Å². The molecule has 0 fully saturated rings. The molecule has 0 aromatic heterocycles. The van der Waals surface area contributed by atoms with E-state index in [0.29, 0.717) is 5.56 Å². The minimum absolute atomic E-state index is 0.0746. The number of phenols is 2. The molecule has 0 aliphatic rings. The highest BCUT2D eigenvalue weighted by Crippen LogP contribution is 2.34. The molecule has 1 unspecified atom stereocenters. The Bertz CT molecular complexity index is 748. The molecule has 1 atom stereocenters. The molecular weight excluding hydrogens is 316 g/mol. The van der Waals surface area contributed by atoms with Gasteiger partial charge in [-0.05, 0) is 17.7 Å². The van der Waals surface area contributed by atoms with Crippen LogP contribution in [0.5, 0.6) is 11.5 Å². The van der Waals surface area contributed by atoms with Crippen LogP contribution < -0.4 is 4.90 Å². The van der Waals surface area contributed by atoms with Crippen LogP contribution >= 0.6 is 0 Å². The number of aliphatic carboxylic acids is 1. The van der Waals surface area contributed by atoms with E-state index in [-0.39, 0.29) is 12.2 Å². The van der Waals surface area contributed by atoms with Crippen LogP contribution in [0, 0.1) is 10.1 Å². The number of nitrogens with zero attached hydrogens (tertiary/aromatic N) is 2. The Labute approximate surface area is 137 Å². The second-order valence-electron chi connectivity index (χ2n) is 5.33. The van der Waals surface area contributed by atoms with Gasteiger partial charge in [0, 0.05) is 18.7 Å². The zero-order valence-electron chi connectivity index (χ0n) is 12.8. The summed E-state index contributed by atoms with van der Waals surface area (Å²) in [5, 5.41) is 40.0. The molecule has 0 aliphatic heterocycles. The summed E-state index contributed by atoms with van der Waals surface area (Å²) in [7, 11) is 0. The first-order valence-corrected chi connectivity index (χ1v) is 6.98. The lowest BCUT2D eigenvalue weighted by Crippen LogP contribution is -2.58. The van der Waals surface area contributed by atoms with Crippen molar-refractivity contribution in [3.63, 3.8) is 0 Å². The summed E-state index contributed by atoms with van der Waals surface area (Å²) in [5.41, 5.74) is -1.71. The summed E-state index contributed by atoms with van der Waals surface area (Å²) in [4.78, 5) is 23.3. The molecule has 2 aromatic carbocycles. The monoisotopic (exact) mass is 332 g/mol. The maximum Gasteiger partial charge on any atom is 0.405 e. The lowest BCUT2D eigenvalue weighted by molar-refractivity contribution is -0.550. The number of benzene rings is 2. The molecule has 0 saturated carbocycles. The van der Waals surface area contributed by atoms with Crippen molar-refractivity contribution in [2.24, 2.45) is 0 Å². The van der Waals surface area contributed by atoms with Crippen LogP contribution in [-0.2, 0) is 11.3 Å². The molecule has 0 radical (unpaired) electrons. The number of hydrogen-bond donors (Lipinski definition) is 3. The van der Waals surface area contributed by atoms with Gasteiger partial charge in [-0.25, -0.2) is 4.79 Å². The Kier molecular flexibility index (Phi) is 4.59. The van der Waals surface area contributed by atoms with Crippen LogP contribution in [0.25, 0.3) is 0 Å². The number of rotatable bonds is 6. The second-order valence-corrected chi connectivity index (χ2v) is 5.33. The van der Waals surface area contributed by atoms with Crippen LogP contribution in [0.4, 0.5) is 5.69 Å². The molecule has 126 valence electrons. The first-order chi connectivity index (χ1) is 11.3. The smallest absolute Gasteiger partial charge is 0.405 e. The molecule has 3 N–H and O–H groups in total. The van der Waals surface area contributed by atoms with Gasteiger partial charge in [0.25, 0.3) is 0 Å². The molecule has 0 heterocycles. The Morgan fingerprint density at radius 3 is 2.29 bits per heavy atom. The highest BCUT2D eigenvalue weighted by molar-refractivity contribution is 5.81. The third-order valence-corrected chi connectivity index (χ3v) is 3.74. The Balaban J connectivity index is 2.58. The Hall–Kier alpha value is -3.29. The van der Waals surface area contributed by atoms with Gasteiger partial charge < -0.3 is 15.3 Å². The minimum atomic E-state index is -2.46. The average molecular weight is 332 g/mol. The maximum absolute atomic E-state index is 11.6. The second kappa shape index (κ2) is 6.45. The lowest BCUT2D eigenvalue weighted by atomic mass is 10.1. The van der Waals surface area contributed by atoms with Gasteiger partial charge in [-0.3, -0.25) is 15.0 Å². The number of anilines is 1. The molecule has 0 amide bonds. The fraction of sp³-hybridized carbons (Fsp3) is 0.188. The van der Waals surface area contributed by atoms with Crippen molar-refractivity contribution in [3.05, 3.63) is 64.2 Å². The van der Waals surface area contributed by atoms with E-state index < -0.39 is 28.1 Å². The molecule has 2 aromatic rings. The number of aromatic hydroxyl groups is 2. The summed E-state index contributed by atoms with van der Waals surface area (Å²) in [5.74, 6) is -2.55. The van der Waals surface area contributed by atoms with E-state index in [4.69, 9.17) is 0 Å². The van der Waals surface area contributed by atoms with Crippen molar-refractivity contribution in [2.75, 3.05) is 4.90 Å². The van der Waals surface area contributed by atoms with E-state index in [2.05, 4.69) is 0 Å². The quantitative estimate of drug-likeness (QED) is 0.320. The van der Waals surface area contributed by atoms with E-state index in [1.165, 1.54) is 6.07 Å². The van der Waals surface area contributed by atoms with E-state index in [9.17, 15) is 30.2 Å². The van der Waals surface area contributed by atoms with E-state index in [1.54, 1.807) is 30.3 Å². The SMILES string of the molecule is CC(C(=O)O)(N(Cc1ccccc1)c1ccc(O)c(O)c1)[N+](=O)[O-]. The van der Waals surface area contributed by atoms with Gasteiger partial charge in [0.1, 0.15) is 0 Å². The molecule has 8 nitrogen and oxygen atoms in total. The Morgan fingerprint density at radius 1 is 1.17 bits per heavy atom. The molecular formula is C16H16N2O6. The number of carbonyl (C=O) groups is 1. The van der Waals surface area contributed by atoms with Gasteiger partial charge in [-0.1, -0.05) is 30.3 Å². The van der Waals surface area contributed by atoms with Crippen molar-refractivity contribution in [3.8, 4) is 11.5 Å². The predicted molar refractivity (Wildman–Crippen MR) is 85.4 cm³/mol. The van der Waals surface area contributed by atoms with E-state index >= 15 is 0 Å². The van der Waals surface area contributed by atoms with E-state index in [1.807, 2.05) is 0 Å². The highest BCUT2D eigenvalue weighted by atomic mass is 16.6. The van der Waals surface area contributed by atoms with Crippen molar-refractivity contribution < 1.29 is 25.0 Å². The first-order valence-electron chi connectivity index (χ1n) is 6.98. The van der Waals surface area contributed by atoms with Gasteiger partial charge in [0.15, 0.2) is 11.5 Å². The van der Waals surface area contributed by atoms with E-state index in [0.717, 1.165) is 24.0 Å². The fourth-order valence-corrected chi connectivity index (χ4v) is 2.23. The molecule has 0 bridgehead atoms. The van der Waals surface area contributed by atoms with Crippen LogP contribution in [0.2, 0.25) is 0 Å². The predicted octanol–water partition coefficient (Wildman–Crippen LogP) is 2.18. The molecule has 0 saturated heterocycles. The van der Waals surface area contributed by atoms with Gasteiger partial charge >= 0.3 is 11.6 Å². The third-order valence-electron chi connectivity index (χ3n) is 3.74. The minimum Gasteiger partial charge on any atom is -0.504 e. The topological polar surface area (TPSA) is 124 Å². The maximum atomic E-state index is 11.6. The molecule has 0 spiro atoms. The van der Waals surface area contributed by atoms with Crippen LogP contribution in [0.15, 0.2) is 48.5 Å². The zero-order valence-corrected chi connectivity index (χ0v) is 12.8. The number of hydrogen-bond acceptors (Lipinski definition) is 6. The number of nitro groups is 1. The van der Waals surface area contributed by atoms with Crippen molar-refractivity contribution in [1.82, 2.24) is 0 Å². The first kappa shape index (κ1) is 17.1. The zero-order chi connectivity index (χ0) is 17.9. The summed E-state index contributed by atoms with van der Waals surface area (Å²) in [6.45, 7) is 0.900.